The predicted molar refractivity (Wildman–Crippen MR) is 80.3 cm³/mol. The lowest BCUT2D eigenvalue weighted by molar-refractivity contribution is 0.0904. The molecule has 2 fully saturated rings. The lowest BCUT2D eigenvalue weighted by Crippen LogP contribution is -2.47. The first kappa shape index (κ1) is 13.3. The maximum Gasteiger partial charge on any atom is 0.270 e. The number of carbonyl (C=O) groups is 1. The number of amides is 1. The summed E-state index contributed by atoms with van der Waals surface area (Å²) in [7, 11) is 0. The van der Waals surface area contributed by atoms with Gasteiger partial charge in [-0.05, 0) is 43.5 Å². The monoisotopic (exact) mass is 295 g/mol. The number of carbonyl (C=O) groups excluding carboxylic acids is 1. The molecule has 3 atom stereocenters. The minimum Gasteiger partial charge on any atom is -0.347 e. The maximum absolute atomic E-state index is 12.4. The highest BCUT2D eigenvalue weighted by Gasteiger charge is 2.33. The van der Waals surface area contributed by atoms with Crippen LogP contribution in [0.2, 0.25) is 0 Å². The number of nitriles is 1. The topological polar surface area (TPSA) is 73.4 Å². The minimum absolute atomic E-state index is 0.130. The Morgan fingerprint density at radius 3 is 3.14 bits per heavy atom. The Kier molecular flexibility index (Phi) is 3.09. The van der Waals surface area contributed by atoms with Gasteiger partial charge in [-0.15, -0.1) is 0 Å². The summed E-state index contributed by atoms with van der Waals surface area (Å²) < 4.78 is 1.68. The van der Waals surface area contributed by atoms with Crippen molar-refractivity contribution in [2.45, 2.75) is 18.9 Å². The van der Waals surface area contributed by atoms with E-state index in [0.29, 0.717) is 11.4 Å². The molecule has 2 aliphatic heterocycles. The number of rotatable bonds is 2. The summed E-state index contributed by atoms with van der Waals surface area (Å²) in [6.07, 6.45) is 3.85. The van der Waals surface area contributed by atoms with Crippen LogP contribution in [0.3, 0.4) is 0 Å². The smallest absolute Gasteiger partial charge is 0.270 e. The SMILES string of the molecule is N#Cc1ccc2cc(C(=O)N[C@@H]3C[C@H]4CCN(C4)C3)ncn12. The van der Waals surface area contributed by atoms with E-state index in [0.717, 1.165) is 30.9 Å². The molecule has 2 aromatic heterocycles. The summed E-state index contributed by atoms with van der Waals surface area (Å²) in [4.78, 5) is 19.0. The van der Waals surface area contributed by atoms with Crippen LogP contribution in [0.25, 0.3) is 5.52 Å². The second kappa shape index (κ2) is 5.11. The van der Waals surface area contributed by atoms with E-state index in [2.05, 4.69) is 21.3 Å². The van der Waals surface area contributed by atoms with Crippen LogP contribution in [0.15, 0.2) is 24.5 Å². The number of nitrogens with zero attached hydrogens (tertiary/aromatic N) is 4. The fourth-order valence-corrected chi connectivity index (χ4v) is 3.65. The molecule has 0 spiro atoms. The predicted octanol–water partition coefficient (Wildman–Crippen LogP) is 1.03. The quantitative estimate of drug-likeness (QED) is 0.898. The first-order valence-corrected chi connectivity index (χ1v) is 7.63. The molecule has 2 saturated heterocycles. The normalized spacial score (nSPS) is 26.8. The van der Waals surface area contributed by atoms with Crippen LogP contribution in [0, 0.1) is 17.2 Å². The summed E-state index contributed by atoms with van der Waals surface area (Å²) in [6.45, 7) is 3.27. The molecule has 1 amide bonds. The summed E-state index contributed by atoms with van der Waals surface area (Å²) >= 11 is 0. The van der Waals surface area contributed by atoms with Gasteiger partial charge < -0.3 is 10.2 Å². The number of hydrogen-bond acceptors (Lipinski definition) is 4. The first-order chi connectivity index (χ1) is 10.7. The molecule has 22 heavy (non-hydrogen) atoms. The lowest BCUT2D eigenvalue weighted by Gasteiger charge is -2.30. The zero-order valence-corrected chi connectivity index (χ0v) is 12.2. The molecule has 1 N–H and O–H groups in total. The van der Waals surface area contributed by atoms with Crippen molar-refractivity contribution in [1.29, 1.82) is 5.26 Å². The standard InChI is InChI=1S/C16H17N5O/c17-7-14-2-1-13-6-15(18-10-21(13)14)16(22)19-12-5-11-3-4-20(8-11)9-12/h1-2,6,10-12H,3-5,8-9H2,(H,19,22)/t11-,12-/m1/s1. The number of hydrogen-bond donors (Lipinski definition) is 1. The molecule has 2 bridgehead atoms. The molecular formula is C16H17N5O. The second-order valence-electron chi connectivity index (χ2n) is 6.22. The fraction of sp³-hybridized carbons (Fsp3) is 0.438. The lowest BCUT2D eigenvalue weighted by atomic mass is 9.97. The molecule has 112 valence electrons. The van der Waals surface area contributed by atoms with Gasteiger partial charge in [0.25, 0.3) is 5.91 Å². The van der Waals surface area contributed by atoms with E-state index < -0.39 is 0 Å². The van der Waals surface area contributed by atoms with Crippen molar-refractivity contribution in [3.63, 3.8) is 0 Å². The summed E-state index contributed by atoms with van der Waals surface area (Å²) in [5.74, 6) is 0.591. The van der Waals surface area contributed by atoms with Crippen LogP contribution in [0.1, 0.15) is 29.0 Å². The Bertz CT molecular complexity index is 762. The molecule has 4 heterocycles. The number of aromatic nitrogens is 2. The van der Waals surface area contributed by atoms with Crippen LogP contribution in [0.4, 0.5) is 0 Å². The summed E-state index contributed by atoms with van der Waals surface area (Å²) in [6, 6.07) is 7.59. The van der Waals surface area contributed by atoms with Crippen molar-refractivity contribution in [2.75, 3.05) is 19.6 Å². The van der Waals surface area contributed by atoms with Gasteiger partial charge in [0.1, 0.15) is 23.8 Å². The van der Waals surface area contributed by atoms with Gasteiger partial charge in [-0.25, -0.2) is 4.98 Å². The summed E-state index contributed by atoms with van der Waals surface area (Å²) in [5.41, 5.74) is 1.73. The summed E-state index contributed by atoms with van der Waals surface area (Å²) in [5, 5.41) is 12.1. The van der Waals surface area contributed by atoms with E-state index in [1.54, 1.807) is 16.5 Å². The highest BCUT2D eigenvalue weighted by molar-refractivity contribution is 5.93. The Balaban J connectivity index is 1.52. The van der Waals surface area contributed by atoms with Gasteiger partial charge in [0, 0.05) is 19.1 Å². The Morgan fingerprint density at radius 2 is 2.32 bits per heavy atom. The number of nitrogens with one attached hydrogen (secondary N) is 1. The van der Waals surface area contributed by atoms with E-state index >= 15 is 0 Å². The van der Waals surface area contributed by atoms with Gasteiger partial charge in [-0.1, -0.05) is 0 Å². The van der Waals surface area contributed by atoms with Crippen LogP contribution >= 0.6 is 0 Å². The van der Waals surface area contributed by atoms with Crippen LogP contribution in [-0.2, 0) is 0 Å². The van der Waals surface area contributed by atoms with E-state index in [4.69, 9.17) is 5.26 Å². The molecule has 0 aromatic carbocycles. The van der Waals surface area contributed by atoms with Crippen LogP contribution in [-0.4, -0.2) is 45.9 Å². The molecule has 2 aromatic rings. The third kappa shape index (κ3) is 2.24. The van der Waals surface area contributed by atoms with E-state index in [9.17, 15) is 4.79 Å². The van der Waals surface area contributed by atoms with Crippen molar-refractivity contribution in [3.8, 4) is 6.07 Å². The molecule has 0 aliphatic carbocycles. The molecule has 2 aliphatic rings. The Hall–Kier alpha value is -2.39. The van der Waals surface area contributed by atoms with Crippen molar-refractivity contribution in [1.82, 2.24) is 19.6 Å². The highest BCUT2D eigenvalue weighted by Crippen LogP contribution is 2.26. The average Bonchev–Trinajstić information content (AvgIpc) is 3.09. The van der Waals surface area contributed by atoms with Crippen molar-refractivity contribution >= 4 is 11.4 Å². The average molecular weight is 295 g/mol. The number of piperidine rings is 1. The van der Waals surface area contributed by atoms with Crippen molar-refractivity contribution < 1.29 is 4.79 Å². The molecule has 6 heteroatoms. The third-order valence-electron chi connectivity index (χ3n) is 4.70. The molecule has 0 saturated carbocycles. The van der Waals surface area contributed by atoms with Gasteiger partial charge in [-0.2, -0.15) is 5.26 Å². The second-order valence-corrected chi connectivity index (χ2v) is 6.22. The molecule has 6 nitrogen and oxygen atoms in total. The van der Waals surface area contributed by atoms with Gasteiger partial charge in [0.05, 0.1) is 5.52 Å². The number of fused-ring (bicyclic) bond motifs is 3. The third-order valence-corrected chi connectivity index (χ3v) is 4.70. The van der Waals surface area contributed by atoms with Gasteiger partial charge in [-0.3, -0.25) is 9.20 Å². The molecular weight excluding hydrogens is 278 g/mol. The zero-order valence-electron chi connectivity index (χ0n) is 12.2. The highest BCUT2D eigenvalue weighted by atomic mass is 16.1. The van der Waals surface area contributed by atoms with Gasteiger partial charge >= 0.3 is 0 Å². The van der Waals surface area contributed by atoms with E-state index in [1.807, 2.05) is 6.07 Å². The Morgan fingerprint density at radius 1 is 1.41 bits per heavy atom. The Labute approximate surface area is 128 Å². The van der Waals surface area contributed by atoms with Gasteiger partial charge in [0.2, 0.25) is 0 Å². The van der Waals surface area contributed by atoms with Crippen LogP contribution in [0.5, 0.6) is 0 Å². The molecule has 1 unspecified atom stereocenters. The first-order valence-electron chi connectivity index (χ1n) is 7.63. The molecule has 0 radical (unpaired) electrons. The largest absolute Gasteiger partial charge is 0.347 e. The van der Waals surface area contributed by atoms with Gasteiger partial charge in [0.15, 0.2) is 0 Å². The van der Waals surface area contributed by atoms with E-state index in [1.165, 1.54) is 19.3 Å². The minimum atomic E-state index is -0.130. The van der Waals surface area contributed by atoms with Crippen molar-refractivity contribution in [2.24, 2.45) is 5.92 Å². The maximum atomic E-state index is 12.4. The van der Waals surface area contributed by atoms with Crippen molar-refractivity contribution in [3.05, 3.63) is 35.9 Å². The van der Waals surface area contributed by atoms with Crippen LogP contribution < -0.4 is 5.32 Å². The fourth-order valence-electron chi connectivity index (χ4n) is 3.65. The zero-order chi connectivity index (χ0) is 15.1. The van der Waals surface area contributed by atoms with E-state index in [-0.39, 0.29) is 11.9 Å². The molecule has 4 rings (SSSR count).